The number of nitrogens with one attached hydrogen (secondary N) is 2. The van der Waals surface area contributed by atoms with E-state index in [-0.39, 0.29) is 5.69 Å². The van der Waals surface area contributed by atoms with Crippen molar-refractivity contribution in [2.24, 2.45) is 0 Å². The molecule has 0 unspecified atom stereocenters. The second kappa shape index (κ2) is 7.23. The van der Waals surface area contributed by atoms with Crippen molar-refractivity contribution in [3.05, 3.63) is 83.9 Å². The van der Waals surface area contributed by atoms with Crippen molar-refractivity contribution in [2.75, 3.05) is 10.6 Å². The summed E-state index contributed by atoms with van der Waals surface area (Å²) in [4.78, 5) is 16.3. The van der Waals surface area contributed by atoms with Crippen LogP contribution in [0.15, 0.2) is 67.0 Å². The lowest BCUT2D eigenvalue weighted by Crippen LogP contribution is -2.13. The van der Waals surface area contributed by atoms with Gasteiger partial charge in [0.05, 0.1) is 34.8 Å². The normalized spacial score (nSPS) is 9.92. The number of anilines is 3. The molecule has 0 saturated carbocycles. The van der Waals surface area contributed by atoms with Gasteiger partial charge in [-0.1, -0.05) is 12.1 Å². The molecule has 3 aromatic rings. The van der Waals surface area contributed by atoms with Gasteiger partial charge in [0.1, 0.15) is 5.82 Å². The molecule has 1 aromatic heterocycles. The summed E-state index contributed by atoms with van der Waals surface area (Å²) in [5.74, 6) is -0.961. The predicted octanol–water partition coefficient (Wildman–Crippen LogP) is 4.09. The molecule has 0 fully saturated rings. The average Bonchev–Trinajstić information content (AvgIpc) is 2.64. The zero-order valence-corrected chi connectivity index (χ0v) is 13.0. The fraction of sp³-hybridized carbons (Fsp3) is 0. The number of benzene rings is 2. The number of aromatic nitrogens is 1. The summed E-state index contributed by atoms with van der Waals surface area (Å²) in [5, 5.41) is 14.4. The summed E-state index contributed by atoms with van der Waals surface area (Å²) in [7, 11) is 0. The zero-order valence-electron chi connectivity index (χ0n) is 13.0. The molecule has 0 bridgehead atoms. The number of rotatable bonds is 4. The Morgan fingerprint density at radius 1 is 1.04 bits per heavy atom. The first-order valence-electron chi connectivity index (χ1n) is 7.44. The SMILES string of the molecule is N#Cc1ccc(Nc2cncc(C(=O)Nc3ccccc3F)c2)cc1. The van der Waals surface area contributed by atoms with Crippen LogP contribution < -0.4 is 10.6 Å². The van der Waals surface area contributed by atoms with Crippen molar-refractivity contribution < 1.29 is 9.18 Å². The molecule has 2 aromatic carbocycles. The minimum absolute atomic E-state index is 0.109. The molecule has 0 spiro atoms. The van der Waals surface area contributed by atoms with E-state index in [2.05, 4.69) is 15.6 Å². The molecule has 0 radical (unpaired) electrons. The molecule has 0 aliphatic rings. The van der Waals surface area contributed by atoms with Gasteiger partial charge in [-0.15, -0.1) is 0 Å². The van der Waals surface area contributed by atoms with Crippen molar-refractivity contribution in [3.8, 4) is 6.07 Å². The highest BCUT2D eigenvalue weighted by Crippen LogP contribution is 2.19. The minimum atomic E-state index is -0.504. The van der Waals surface area contributed by atoms with Crippen molar-refractivity contribution >= 4 is 23.0 Å². The third kappa shape index (κ3) is 3.98. The van der Waals surface area contributed by atoms with Crippen LogP contribution in [0.25, 0.3) is 0 Å². The lowest BCUT2D eigenvalue weighted by Gasteiger charge is -2.09. The largest absolute Gasteiger partial charge is 0.354 e. The van der Waals surface area contributed by atoms with Crippen LogP contribution in [0.2, 0.25) is 0 Å². The van der Waals surface area contributed by atoms with E-state index in [4.69, 9.17) is 5.26 Å². The number of carbonyl (C=O) groups excluding carboxylic acids is 1. The van der Waals surface area contributed by atoms with E-state index in [0.717, 1.165) is 5.69 Å². The van der Waals surface area contributed by atoms with Crippen molar-refractivity contribution in [1.82, 2.24) is 4.98 Å². The van der Waals surface area contributed by atoms with Crippen LogP contribution in [-0.2, 0) is 0 Å². The molecular formula is C19H13FN4O. The van der Waals surface area contributed by atoms with Gasteiger partial charge >= 0.3 is 0 Å². The Labute approximate surface area is 143 Å². The first-order chi connectivity index (χ1) is 12.2. The van der Waals surface area contributed by atoms with Crippen molar-refractivity contribution in [3.63, 3.8) is 0 Å². The molecule has 6 heteroatoms. The van der Waals surface area contributed by atoms with Crippen molar-refractivity contribution in [2.45, 2.75) is 0 Å². The smallest absolute Gasteiger partial charge is 0.257 e. The highest BCUT2D eigenvalue weighted by atomic mass is 19.1. The highest BCUT2D eigenvalue weighted by Gasteiger charge is 2.10. The van der Waals surface area contributed by atoms with E-state index in [9.17, 15) is 9.18 Å². The Morgan fingerprint density at radius 3 is 2.52 bits per heavy atom. The molecular weight excluding hydrogens is 319 g/mol. The first-order valence-corrected chi connectivity index (χ1v) is 7.44. The molecule has 1 amide bonds. The van der Waals surface area contributed by atoms with Crippen LogP contribution in [0.4, 0.5) is 21.5 Å². The maximum absolute atomic E-state index is 13.6. The summed E-state index contributed by atoms with van der Waals surface area (Å²) >= 11 is 0. The molecule has 0 atom stereocenters. The predicted molar refractivity (Wildman–Crippen MR) is 93.0 cm³/mol. The van der Waals surface area contributed by atoms with E-state index in [1.165, 1.54) is 18.3 Å². The molecule has 0 saturated heterocycles. The van der Waals surface area contributed by atoms with E-state index < -0.39 is 11.7 Å². The Bertz CT molecular complexity index is 948. The van der Waals surface area contributed by atoms with Gasteiger partial charge in [-0.2, -0.15) is 5.26 Å². The van der Waals surface area contributed by atoms with Gasteiger partial charge in [0, 0.05) is 11.9 Å². The number of carbonyl (C=O) groups is 1. The van der Waals surface area contributed by atoms with Crippen LogP contribution in [0.1, 0.15) is 15.9 Å². The van der Waals surface area contributed by atoms with Gasteiger partial charge in [-0.25, -0.2) is 4.39 Å². The maximum atomic E-state index is 13.6. The number of para-hydroxylation sites is 1. The van der Waals surface area contributed by atoms with Crippen molar-refractivity contribution in [1.29, 1.82) is 5.26 Å². The number of hydrogen-bond donors (Lipinski definition) is 2. The van der Waals surface area contributed by atoms with Gasteiger partial charge in [0.15, 0.2) is 0 Å². The second-order valence-corrected chi connectivity index (χ2v) is 5.21. The number of nitriles is 1. The molecule has 0 aliphatic heterocycles. The topological polar surface area (TPSA) is 77.8 Å². The standard InChI is InChI=1S/C19H13FN4O/c20-17-3-1-2-4-18(17)24-19(25)14-9-16(12-22-11-14)23-15-7-5-13(10-21)6-8-15/h1-9,11-12,23H,(H,24,25). The molecule has 1 heterocycles. The fourth-order valence-corrected chi connectivity index (χ4v) is 2.18. The summed E-state index contributed by atoms with van der Waals surface area (Å²) < 4.78 is 13.6. The third-order valence-corrected chi connectivity index (χ3v) is 3.43. The van der Waals surface area contributed by atoms with E-state index in [1.807, 2.05) is 6.07 Å². The number of hydrogen-bond acceptors (Lipinski definition) is 4. The monoisotopic (exact) mass is 332 g/mol. The van der Waals surface area contributed by atoms with Gasteiger partial charge < -0.3 is 10.6 Å². The minimum Gasteiger partial charge on any atom is -0.354 e. The van der Waals surface area contributed by atoms with Gasteiger partial charge in [-0.05, 0) is 42.5 Å². The van der Waals surface area contributed by atoms with Crippen LogP contribution in [0.3, 0.4) is 0 Å². The third-order valence-electron chi connectivity index (χ3n) is 3.43. The summed E-state index contributed by atoms with van der Waals surface area (Å²) in [6.07, 6.45) is 2.97. The first kappa shape index (κ1) is 16.1. The van der Waals surface area contributed by atoms with E-state index in [1.54, 1.807) is 48.7 Å². The van der Waals surface area contributed by atoms with Crippen LogP contribution in [0.5, 0.6) is 0 Å². The van der Waals surface area contributed by atoms with Gasteiger partial charge in [-0.3, -0.25) is 9.78 Å². The average molecular weight is 332 g/mol. The Balaban J connectivity index is 1.75. The fourth-order valence-electron chi connectivity index (χ4n) is 2.18. The Morgan fingerprint density at radius 2 is 1.80 bits per heavy atom. The summed E-state index contributed by atoms with van der Waals surface area (Å²) in [6, 6.07) is 16.5. The van der Waals surface area contributed by atoms with E-state index >= 15 is 0 Å². The Hall–Kier alpha value is -3.72. The van der Waals surface area contributed by atoms with Crippen LogP contribution in [0, 0.1) is 17.1 Å². The number of amides is 1. The lowest BCUT2D eigenvalue weighted by molar-refractivity contribution is 0.102. The second-order valence-electron chi connectivity index (χ2n) is 5.21. The molecule has 25 heavy (non-hydrogen) atoms. The highest BCUT2D eigenvalue weighted by molar-refractivity contribution is 6.04. The molecule has 2 N–H and O–H groups in total. The quantitative estimate of drug-likeness (QED) is 0.754. The maximum Gasteiger partial charge on any atom is 0.257 e. The van der Waals surface area contributed by atoms with Crippen LogP contribution in [-0.4, -0.2) is 10.9 Å². The number of halogens is 1. The molecule has 3 rings (SSSR count). The summed E-state index contributed by atoms with van der Waals surface area (Å²) in [6.45, 7) is 0. The summed E-state index contributed by atoms with van der Waals surface area (Å²) in [5.41, 5.74) is 2.32. The van der Waals surface area contributed by atoms with Gasteiger partial charge in [0.25, 0.3) is 5.91 Å². The molecule has 0 aliphatic carbocycles. The molecule has 5 nitrogen and oxygen atoms in total. The Kier molecular flexibility index (Phi) is 4.67. The number of pyridine rings is 1. The molecule has 122 valence electrons. The lowest BCUT2D eigenvalue weighted by atomic mass is 10.2. The van der Waals surface area contributed by atoms with Crippen LogP contribution >= 0.6 is 0 Å². The number of nitrogens with zero attached hydrogens (tertiary/aromatic N) is 2. The van der Waals surface area contributed by atoms with Gasteiger partial charge in [0.2, 0.25) is 0 Å². The van der Waals surface area contributed by atoms with E-state index in [0.29, 0.717) is 16.8 Å². The zero-order chi connectivity index (χ0) is 17.6.